The average molecular weight is 207 g/mol. The maximum absolute atomic E-state index is 13.1. The highest BCUT2D eigenvalue weighted by atomic mass is 19.2. The molecule has 1 rings (SSSR count). The summed E-state index contributed by atoms with van der Waals surface area (Å²) in [6, 6.07) is 0. The molecule has 3 nitrogen and oxygen atoms in total. The minimum absolute atomic E-state index is 0.210. The Hall–Kier alpha value is -0.870. The van der Waals surface area contributed by atoms with E-state index in [1.807, 2.05) is 0 Å². The van der Waals surface area contributed by atoms with Crippen molar-refractivity contribution in [2.24, 2.45) is 0 Å². The second-order valence-corrected chi connectivity index (χ2v) is 4.62. The number of carbonyl (C=O) groups excluding carboxylic acids is 1. The molecule has 1 heterocycles. The molecule has 0 bridgehead atoms. The molecule has 0 atom stereocenters. The molecule has 0 aliphatic carbocycles. The Bertz CT molecular complexity index is 231. The third-order valence-electron chi connectivity index (χ3n) is 1.84. The van der Waals surface area contributed by atoms with E-state index in [2.05, 4.69) is 0 Å². The lowest BCUT2D eigenvalue weighted by Gasteiger charge is -2.42. The summed E-state index contributed by atoms with van der Waals surface area (Å²) in [6.07, 6.45) is -0.584. The predicted octanol–water partition coefficient (Wildman–Crippen LogP) is 1.91. The van der Waals surface area contributed by atoms with Crippen molar-refractivity contribution in [2.45, 2.75) is 32.0 Å². The fourth-order valence-electron chi connectivity index (χ4n) is 1.18. The summed E-state index contributed by atoms with van der Waals surface area (Å²) in [6.45, 7) is 3.71. The molecule has 1 fully saturated rings. The SMILES string of the molecule is CC(C)(C)OC(=O)N1CC(F)(CF)C1. The van der Waals surface area contributed by atoms with Gasteiger partial charge in [0.2, 0.25) is 0 Å². The third kappa shape index (κ3) is 2.56. The number of carbonyl (C=O) groups is 1. The molecule has 0 spiro atoms. The van der Waals surface area contributed by atoms with Gasteiger partial charge in [-0.1, -0.05) is 0 Å². The van der Waals surface area contributed by atoms with E-state index >= 15 is 0 Å². The molecule has 0 unspecified atom stereocenters. The largest absolute Gasteiger partial charge is 0.444 e. The molecule has 1 amide bonds. The Morgan fingerprint density at radius 2 is 2.00 bits per heavy atom. The Morgan fingerprint density at radius 1 is 1.50 bits per heavy atom. The van der Waals surface area contributed by atoms with Gasteiger partial charge in [-0.2, -0.15) is 0 Å². The summed E-state index contributed by atoms with van der Waals surface area (Å²) in [5.74, 6) is 0. The highest BCUT2D eigenvalue weighted by Gasteiger charge is 2.47. The molecule has 0 radical (unpaired) electrons. The van der Waals surface area contributed by atoms with E-state index in [4.69, 9.17) is 4.74 Å². The summed E-state index contributed by atoms with van der Waals surface area (Å²) < 4.78 is 30.1. The van der Waals surface area contributed by atoms with E-state index < -0.39 is 24.0 Å². The van der Waals surface area contributed by atoms with Crippen LogP contribution in [0.1, 0.15) is 20.8 Å². The number of nitrogens with zero attached hydrogens (tertiary/aromatic N) is 1. The first kappa shape index (κ1) is 11.2. The molecule has 5 heteroatoms. The zero-order chi connectivity index (χ0) is 11.0. The van der Waals surface area contributed by atoms with Crippen LogP contribution < -0.4 is 0 Å². The van der Waals surface area contributed by atoms with Crippen LogP contribution in [-0.4, -0.2) is 42.0 Å². The summed E-state index contributed by atoms with van der Waals surface area (Å²) in [7, 11) is 0. The lowest BCUT2D eigenvalue weighted by Crippen LogP contribution is -2.62. The van der Waals surface area contributed by atoms with Gasteiger partial charge in [0.15, 0.2) is 5.67 Å². The minimum atomic E-state index is -1.85. The summed E-state index contributed by atoms with van der Waals surface area (Å²) >= 11 is 0. The smallest absolute Gasteiger partial charge is 0.410 e. The average Bonchev–Trinajstić information content (AvgIpc) is 1.95. The quantitative estimate of drug-likeness (QED) is 0.657. The summed E-state index contributed by atoms with van der Waals surface area (Å²) in [5.41, 5.74) is -2.45. The van der Waals surface area contributed by atoms with Crippen molar-refractivity contribution in [1.82, 2.24) is 4.90 Å². The van der Waals surface area contributed by atoms with Gasteiger partial charge in [-0.15, -0.1) is 0 Å². The maximum Gasteiger partial charge on any atom is 0.410 e. The van der Waals surface area contributed by atoms with Gasteiger partial charge in [-0.25, -0.2) is 13.6 Å². The molecule has 1 aliphatic heterocycles. The Balaban J connectivity index is 2.37. The number of hydrogen-bond acceptors (Lipinski definition) is 2. The van der Waals surface area contributed by atoms with Crippen LogP contribution in [0.3, 0.4) is 0 Å². The van der Waals surface area contributed by atoms with Crippen molar-refractivity contribution >= 4 is 6.09 Å². The zero-order valence-corrected chi connectivity index (χ0v) is 8.64. The highest BCUT2D eigenvalue weighted by molar-refractivity contribution is 5.69. The molecule has 0 aromatic heterocycles. The molecule has 0 N–H and O–H groups in total. The van der Waals surface area contributed by atoms with Crippen LogP contribution in [0, 0.1) is 0 Å². The molecule has 1 saturated heterocycles. The fourth-order valence-corrected chi connectivity index (χ4v) is 1.18. The molecular weight excluding hydrogens is 192 g/mol. The van der Waals surface area contributed by atoms with Gasteiger partial charge >= 0.3 is 6.09 Å². The van der Waals surface area contributed by atoms with E-state index in [0.29, 0.717) is 0 Å². The number of hydrogen-bond donors (Lipinski definition) is 0. The first-order chi connectivity index (χ1) is 6.26. The van der Waals surface area contributed by atoms with E-state index in [1.165, 1.54) is 0 Å². The second kappa shape index (κ2) is 3.37. The Morgan fingerprint density at radius 3 is 2.36 bits per heavy atom. The lowest BCUT2D eigenvalue weighted by molar-refractivity contribution is -0.0598. The minimum Gasteiger partial charge on any atom is -0.444 e. The van der Waals surface area contributed by atoms with Gasteiger partial charge in [0.05, 0.1) is 13.1 Å². The maximum atomic E-state index is 13.1. The van der Waals surface area contributed by atoms with Crippen LogP contribution in [0.4, 0.5) is 13.6 Å². The highest BCUT2D eigenvalue weighted by Crippen LogP contribution is 2.27. The van der Waals surface area contributed by atoms with Crippen LogP contribution >= 0.6 is 0 Å². The van der Waals surface area contributed by atoms with Gasteiger partial charge in [-0.3, -0.25) is 0 Å². The molecule has 0 aromatic rings. The summed E-state index contributed by atoms with van der Waals surface area (Å²) in [5, 5.41) is 0. The van der Waals surface area contributed by atoms with Crippen LogP contribution in [0.2, 0.25) is 0 Å². The van der Waals surface area contributed by atoms with E-state index in [0.717, 1.165) is 4.90 Å². The van der Waals surface area contributed by atoms with Crippen molar-refractivity contribution < 1.29 is 18.3 Å². The van der Waals surface area contributed by atoms with E-state index in [-0.39, 0.29) is 13.1 Å². The van der Waals surface area contributed by atoms with E-state index in [9.17, 15) is 13.6 Å². The third-order valence-corrected chi connectivity index (χ3v) is 1.84. The van der Waals surface area contributed by atoms with Gasteiger partial charge in [0, 0.05) is 0 Å². The first-order valence-corrected chi connectivity index (χ1v) is 4.49. The molecule has 0 saturated carbocycles. The Kier molecular flexibility index (Phi) is 2.69. The number of ether oxygens (including phenoxy) is 1. The van der Waals surface area contributed by atoms with Crippen molar-refractivity contribution in [3.05, 3.63) is 0 Å². The van der Waals surface area contributed by atoms with Gasteiger partial charge in [0.1, 0.15) is 12.3 Å². The van der Waals surface area contributed by atoms with Gasteiger partial charge < -0.3 is 9.64 Å². The predicted molar refractivity (Wildman–Crippen MR) is 47.6 cm³/mol. The molecule has 82 valence electrons. The van der Waals surface area contributed by atoms with Crippen LogP contribution in [0.25, 0.3) is 0 Å². The topological polar surface area (TPSA) is 29.5 Å². The number of alkyl halides is 2. The molecule has 0 aromatic carbocycles. The van der Waals surface area contributed by atoms with Crippen molar-refractivity contribution in [3.63, 3.8) is 0 Å². The van der Waals surface area contributed by atoms with Gasteiger partial charge in [0.25, 0.3) is 0 Å². The lowest BCUT2D eigenvalue weighted by atomic mass is 9.99. The first-order valence-electron chi connectivity index (χ1n) is 4.49. The zero-order valence-electron chi connectivity index (χ0n) is 8.64. The van der Waals surface area contributed by atoms with Crippen LogP contribution in [0.5, 0.6) is 0 Å². The fraction of sp³-hybridized carbons (Fsp3) is 0.889. The van der Waals surface area contributed by atoms with Crippen molar-refractivity contribution in [2.75, 3.05) is 19.8 Å². The van der Waals surface area contributed by atoms with Crippen molar-refractivity contribution in [1.29, 1.82) is 0 Å². The van der Waals surface area contributed by atoms with Gasteiger partial charge in [-0.05, 0) is 20.8 Å². The van der Waals surface area contributed by atoms with E-state index in [1.54, 1.807) is 20.8 Å². The van der Waals surface area contributed by atoms with Crippen molar-refractivity contribution in [3.8, 4) is 0 Å². The molecule has 1 aliphatic rings. The second-order valence-electron chi connectivity index (χ2n) is 4.62. The Labute approximate surface area is 82.0 Å². The van der Waals surface area contributed by atoms with Crippen LogP contribution in [0.15, 0.2) is 0 Å². The summed E-state index contributed by atoms with van der Waals surface area (Å²) in [4.78, 5) is 12.4. The number of amides is 1. The number of likely N-dealkylation sites (tertiary alicyclic amines) is 1. The molecular formula is C9H15F2NO2. The molecule has 14 heavy (non-hydrogen) atoms. The van der Waals surface area contributed by atoms with Crippen LogP contribution in [-0.2, 0) is 4.74 Å². The monoisotopic (exact) mass is 207 g/mol. The number of rotatable bonds is 1. The normalized spacial score (nSPS) is 20.2. The standard InChI is InChI=1S/C9H15F2NO2/c1-8(2,3)14-7(13)12-5-9(11,4-10)6-12/h4-6H2,1-3H3. The number of halogens is 2.